The summed E-state index contributed by atoms with van der Waals surface area (Å²) in [4.78, 5) is 29.0. The number of hydrogen-bond donors (Lipinski definition) is 3. The van der Waals surface area contributed by atoms with Crippen LogP contribution >= 0.6 is 0 Å². The van der Waals surface area contributed by atoms with E-state index in [1.54, 1.807) is 24.0 Å². The molecule has 234 valence electrons. The van der Waals surface area contributed by atoms with Crippen LogP contribution in [0, 0.1) is 35.3 Å². The number of carbonyl (C=O) groups excluding carboxylic acids is 2. The first-order chi connectivity index (χ1) is 21.0. The highest BCUT2D eigenvalue weighted by Crippen LogP contribution is 2.47. The lowest BCUT2D eigenvalue weighted by molar-refractivity contribution is -0.132. The molecule has 0 aliphatic heterocycles. The molecule has 0 radical (unpaired) electrons. The molecule has 0 aromatic heterocycles. The Morgan fingerprint density at radius 1 is 1.11 bits per heavy atom. The maximum absolute atomic E-state index is 14.3. The molecule has 2 amide bonds. The van der Waals surface area contributed by atoms with Crippen LogP contribution in [-0.2, 0) is 21.5 Å². The van der Waals surface area contributed by atoms with Gasteiger partial charge in [0, 0.05) is 48.3 Å². The fourth-order valence-corrected chi connectivity index (χ4v) is 6.60. The summed E-state index contributed by atoms with van der Waals surface area (Å²) in [6.07, 6.45) is 11.1. The van der Waals surface area contributed by atoms with E-state index < -0.39 is 35.0 Å². The highest BCUT2D eigenvalue weighted by atomic mass is 19.1. The second-order valence-electron chi connectivity index (χ2n) is 12.3. The number of primary amides is 1. The summed E-state index contributed by atoms with van der Waals surface area (Å²) >= 11 is 0. The third kappa shape index (κ3) is 7.28. The topological polar surface area (TPSA) is 95.7 Å². The molecule has 0 bridgehead atoms. The molecule has 1 unspecified atom stereocenters. The van der Waals surface area contributed by atoms with Crippen LogP contribution in [0.15, 0.2) is 65.8 Å². The number of rotatable bonds is 14. The minimum atomic E-state index is -1.49. The van der Waals surface area contributed by atoms with Crippen LogP contribution in [0.5, 0.6) is 0 Å². The van der Waals surface area contributed by atoms with E-state index in [0.717, 1.165) is 42.9 Å². The van der Waals surface area contributed by atoms with Gasteiger partial charge in [-0.05, 0) is 80.8 Å². The van der Waals surface area contributed by atoms with Crippen molar-refractivity contribution in [3.63, 3.8) is 0 Å². The van der Waals surface area contributed by atoms with Gasteiger partial charge in [0.2, 0.25) is 11.8 Å². The number of nitrogens with one attached hydrogen (secondary N) is 1. The molecule has 6 nitrogen and oxygen atoms in total. The Bertz CT molecular complexity index is 1460. The van der Waals surface area contributed by atoms with Gasteiger partial charge in [-0.3, -0.25) is 9.59 Å². The molecule has 1 saturated carbocycles. The molecule has 2 aliphatic carbocycles. The van der Waals surface area contributed by atoms with Crippen molar-refractivity contribution in [3.05, 3.63) is 94.1 Å². The van der Waals surface area contributed by atoms with Gasteiger partial charge in [0.25, 0.3) is 0 Å². The van der Waals surface area contributed by atoms with Gasteiger partial charge in [0.15, 0.2) is 0 Å². The molecule has 3 atom stereocenters. The Hall–Kier alpha value is -3.80. The highest BCUT2D eigenvalue weighted by molar-refractivity contribution is 5.97. The van der Waals surface area contributed by atoms with Crippen LogP contribution < -0.4 is 11.1 Å². The number of amides is 2. The van der Waals surface area contributed by atoms with E-state index in [9.17, 15) is 23.5 Å². The fourth-order valence-electron chi connectivity index (χ4n) is 6.60. The van der Waals surface area contributed by atoms with Gasteiger partial charge < -0.3 is 21.1 Å². The Labute approximate surface area is 259 Å². The highest BCUT2D eigenvalue weighted by Gasteiger charge is 2.50. The summed E-state index contributed by atoms with van der Waals surface area (Å²) in [5.41, 5.74) is 7.40. The Kier molecular flexibility index (Phi) is 10.4. The number of benzene rings is 2. The smallest absolute Gasteiger partial charge is 0.249 e. The second-order valence-corrected chi connectivity index (χ2v) is 12.3. The Morgan fingerprint density at radius 3 is 2.34 bits per heavy atom. The van der Waals surface area contributed by atoms with Gasteiger partial charge in [-0.1, -0.05) is 49.6 Å². The van der Waals surface area contributed by atoms with E-state index >= 15 is 0 Å². The zero-order valence-electron chi connectivity index (χ0n) is 25.8. The number of hydrogen-bond acceptors (Lipinski definition) is 4. The number of nitrogens with two attached hydrogens (primary N) is 1. The van der Waals surface area contributed by atoms with Crippen molar-refractivity contribution in [2.24, 2.45) is 17.1 Å². The van der Waals surface area contributed by atoms with E-state index in [1.165, 1.54) is 12.1 Å². The summed E-state index contributed by atoms with van der Waals surface area (Å²) in [6, 6.07) is 10.9. The van der Waals surface area contributed by atoms with Crippen molar-refractivity contribution in [3.8, 4) is 12.3 Å². The predicted molar refractivity (Wildman–Crippen MR) is 168 cm³/mol. The van der Waals surface area contributed by atoms with Crippen LogP contribution in [0.25, 0.3) is 0 Å². The molecule has 4 N–H and O–H groups in total. The van der Waals surface area contributed by atoms with E-state index in [0.29, 0.717) is 24.2 Å². The van der Waals surface area contributed by atoms with Crippen molar-refractivity contribution in [2.75, 3.05) is 19.6 Å². The molecule has 2 aromatic carbocycles. The average Bonchev–Trinajstić information content (AvgIpc) is 3.78. The summed E-state index contributed by atoms with van der Waals surface area (Å²) in [7, 11) is 0. The number of halogens is 2. The summed E-state index contributed by atoms with van der Waals surface area (Å²) in [5.74, 6) is -0.657. The van der Waals surface area contributed by atoms with Gasteiger partial charge in [-0.2, -0.15) is 0 Å². The normalized spacial score (nSPS) is 20.1. The lowest BCUT2D eigenvalue weighted by Gasteiger charge is -2.42. The quantitative estimate of drug-likeness (QED) is 0.261. The van der Waals surface area contributed by atoms with Crippen molar-refractivity contribution in [1.82, 2.24) is 10.2 Å². The second kappa shape index (κ2) is 13.9. The maximum atomic E-state index is 14.3. The monoisotopic (exact) mass is 603 g/mol. The molecule has 4 rings (SSSR count). The Morgan fingerprint density at radius 2 is 1.77 bits per heavy atom. The third-order valence-electron chi connectivity index (χ3n) is 8.86. The summed E-state index contributed by atoms with van der Waals surface area (Å²) in [6.45, 7) is 6.99. The maximum Gasteiger partial charge on any atom is 0.249 e. The Balaban J connectivity index is 1.70. The van der Waals surface area contributed by atoms with Crippen LogP contribution in [0.1, 0.15) is 69.6 Å². The first-order valence-electron chi connectivity index (χ1n) is 15.4. The molecule has 44 heavy (non-hydrogen) atoms. The molecule has 2 aliphatic rings. The molecule has 1 fully saturated rings. The number of terminal acetylenes is 1. The van der Waals surface area contributed by atoms with Gasteiger partial charge >= 0.3 is 0 Å². The molecule has 0 spiro atoms. The van der Waals surface area contributed by atoms with Crippen molar-refractivity contribution in [1.29, 1.82) is 0 Å². The lowest BCUT2D eigenvalue weighted by atomic mass is 9.63. The first-order valence-corrected chi connectivity index (χ1v) is 15.4. The minimum Gasteiger partial charge on any atom is -0.391 e. The summed E-state index contributed by atoms with van der Waals surface area (Å²) < 4.78 is 28.6. The molecule has 0 saturated heterocycles. The van der Waals surface area contributed by atoms with Crippen molar-refractivity contribution >= 4 is 11.8 Å². The summed E-state index contributed by atoms with van der Waals surface area (Å²) in [5, 5.41) is 15.4. The van der Waals surface area contributed by atoms with Crippen LogP contribution in [-0.4, -0.2) is 47.6 Å². The molecule has 0 heterocycles. The molecule has 8 heteroatoms. The van der Waals surface area contributed by atoms with E-state index in [2.05, 4.69) is 11.2 Å². The SMILES string of the molecule is C#Cc1cccc(C2(NC[C@H](O)[C@@H](Cc3cc(F)cc(F)c3)C3(C(N)=O)C=C(C)C=C(C(=O)N(CCC)CCC)C3)CC2)c1. The lowest BCUT2D eigenvalue weighted by Crippen LogP contribution is -2.52. The minimum absolute atomic E-state index is 0.0304. The number of aliphatic hydroxyl groups excluding tert-OH is 1. The number of carbonyl (C=O) groups is 2. The van der Waals surface area contributed by atoms with Crippen LogP contribution in [0.2, 0.25) is 0 Å². The average molecular weight is 604 g/mol. The van der Waals surface area contributed by atoms with E-state index in [4.69, 9.17) is 12.2 Å². The number of nitrogens with zero attached hydrogens (tertiary/aromatic N) is 1. The molecular weight excluding hydrogens is 560 g/mol. The predicted octanol–water partition coefficient (Wildman–Crippen LogP) is 5.14. The van der Waals surface area contributed by atoms with E-state index in [1.807, 2.05) is 38.1 Å². The molecule has 2 aromatic rings. The first kappa shape index (κ1) is 33.1. The number of aliphatic hydroxyl groups is 1. The van der Waals surface area contributed by atoms with Crippen molar-refractivity contribution in [2.45, 2.75) is 70.9 Å². The van der Waals surface area contributed by atoms with Crippen molar-refractivity contribution < 1.29 is 23.5 Å². The third-order valence-corrected chi connectivity index (χ3v) is 8.86. The van der Waals surface area contributed by atoms with Crippen LogP contribution in [0.4, 0.5) is 8.78 Å². The van der Waals surface area contributed by atoms with Crippen LogP contribution in [0.3, 0.4) is 0 Å². The zero-order chi connectivity index (χ0) is 32.1. The largest absolute Gasteiger partial charge is 0.391 e. The van der Waals surface area contributed by atoms with Gasteiger partial charge in [-0.15, -0.1) is 6.42 Å². The van der Waals surface area contributed by atoms with Gasteiger partial charge in [0.05, 0.1) is 11.5 Å². The molecular formula is C36H43F2N3O3. The van der Waals surface area contributed by atoms with E-state index in [-0.39, 0.29) is 36.4 Å². The fraction of sp³-hybridized carbons (Fsp3) is 0.444. The van der Waals surface area contributed by atoms with Gasteiger partial charge in [-0.25, -0.2) is 8.78 Å². The van der Waals surface area contributed by atoms with Gasteiger partial charge in [0.1, 0.15) is 11.6 Å². The number of allylic oxidation sites excluding steroid dienone is 2. The zero-order valence-corrected chi connectivity index (χ0v) is 25.8. The standard InChI is InChI=1S/C36H43F2N3O3/c1-5-13-41(14-6-2)33(43)27-15-24(4)21-35(22-27,34(39)44)31(19-26-17-29(37)20-30(38)18-26)32(42)23-40-36(11-12-36)28-10-8-9-25(7-3)16-28/h3,8-10,15-18,20-21,31-32,40,42H,5-6,11-14,19,22-23H2,1-2,4H3,(H2,39,44)/t31-,32+,35?/m1/s1.